The van der Waals surface area contributed by atoms with Crippen molar-refractivity contribution in [3.05, 3.63) is 0 Å². The maximum absolute atomic E-state index is 8.53. The van der Waals surface area contributed by atoms with Crippen LogP contribution in [-0.2, 0) is 18.9 Å². The first kappa shape index (κ1) is 42.7. The second kappa shape index (κ2) is 98.6. The molecule has 90 valence electrons. The summed E-state index contributed by atoms with van der Waals surface area (Å²) in [5, 5.41) is 0. The molecule has 0 heterocycles. The first-order chi connectivity index (χ1) is 7.07. The Hall–Kier alpha value is 2.73. The third-order valence-corrected chi connectivity index (χ3v) is 0. The second-order valence-electron chi connectivity index (χ2n) is 0.481. The fourth-order valence-corrected chi connectivity index (χ4v) is 0. The largest absolute Gasteiger partial charge is 2.00 e. The molecule has 0 fully saturated rings. The molecule has 0 saturated heterocycles. The van der Waals surface area contributed by atoms with E-state index >= 15 is 0 Å². The van der Waals surface area contributed by atoms with Crippen molar-refractivity contribution in [2.45, 2.75) is 0 Å². The Morgan fingerprint density at radius 2 is 0.471 bits per heavy atom. The summed E-state index contributed by atoms with van der Waals surface area (Å²) in [5.41, 5.74) is 0. The SMILES string of the molecule is [Al+3].[O]=[GeH][O-].[O]=[GeH][O-].[O]=[GeH][O-].[O]=[GeH][O-].[O]=[GeH][O-].[Sr+2]. The topological polar surface area (TPSA) is 201 Å². The Morgan fingerprint density at radius 1 is 0.471 bits per heavy atom. The van der Waals surface area contributed by atoms with Crippen molar-refractivity contribution in [1.82, 2.24) is 0 Å². The van der Waals surface area contributed by atoms with Gasteiger partial charge in [-0.2, -0.15) is 0 Å². The zero-order valence-electron chi connectivity index (χ0n) is 8.25. The predicted octanol–water partition coefficient (Wildman–Crippen LogP) is -10.5. The van der Waals surface area contributed by atoms with Gasteiger partial charge in [0.1, 0.15) is 0 Å². The van der Waals surface area contributed by atoms with Crippen LogP contribution in [0.5, 0.6) is 0 Å². The van der Waals surface area contributed by atoms with Crippen molar-refractivity contribution in [1.29, 1.82) is 0 Å². The summed E-state index contributed by atoms with van der Waals surface area (Å²) in [6.07, 6.45) is 0. The smallest absolute Gasteiger partial charge is 2.00 e. The van der Waals surface area contributed by atoms with Crippen LogP contribution in [0.4, 0.5) is 0 Å². The third kappa shape index (κ3) is 704. The molecule has 0 rings (SSSR count). The Morgan fingerprint density at radius 3 is 0.471 bits per heavy atom. The molecular formula is H5AlGe5O10Sr. The van der Waals surface area contributed by atoms with Crippen molar-refractivity contribution < 1.29 is 39.6 Å². The van der Waals surface area contributed by atoms with E-state index < -0.39 is 78.5 Å². The molecular weight excluding hydrogens is 638 g/mol. The molecule has 0 aromatic carbocycles. The van der Waals surface area contributed by atoms with Crippen LogP contribution in [0.25, 0.3) is 0 Å². The Kier molecular flexibility index (Phi) is 248. The molecule has 0 N–H and O–H groups in total. The van der Waals surface area contributed by atoms with E-state index in [1.807, 2.05) is 0 Å². The molecule has 0 radical (unpaired) electrons. The summed E-state index contributed by atoms with van der Waals surface area (Å²) in [7, 11) is 0. The van der Waals surface area contributed by atoms with Gasteiger partial charge in [-0.3, -0.25) is 0 Å². The summed E-state index contributed by atoms with van der Waals surface area (Å²) < 4.78 is 85.3. The molecule has 17 heavy (non-hydrogen) atoms. The van der Waals surface area contributed by atoms with Gasteiger partial charge >= 0.3 is 181 Å². The Labute approximate surface area is 177 Å². The molecule has 0 spiro atoms. The molecule has 10 nitrogen and oxygen atoms in total. The summed E-state index contributed by atoms with van der Waals surface area (Å²) in [4.78, 5) is 0. The minimum Gasteiger partial charge on any atom is 2.00 e. The molecule has 0 aliphatic rings. The molecule has 0 atom stereocenters. The summed E-state index contributed by atoms with van der Waals surface area (Å²) >= 11 is -10.9. The number of hydrogen-bond acceptors (Lipinski definition) is 10. The fourth-order valence-electron chi connectivity index (χ4n) is 0. The second-order valence-corrected chi connectivity index (χ2v) is 2.50. The van der Waals surface area contributed by atoms with E-state index in [2.05, 4.69) is 0 Å². The van der Waals surface area contributed by atoms with Gasteiger partial charge in [0.25, 0.3) is 0 Å². The average molecular weight is 643 g/mol. The Bertz CT molecular complexity index is 97.0. The first-order valence-electron chi connectivity index (χ1n) is 2.36. The summed E-state index contributed by atoms with van der Waals surface area (Å²) in [6, 6.07) is 0. The predicted molar refractivity (Wildman–Crippen MR) is 50.7 cm³/mol. The summed E-state index contributed by atoms with van der Waals surface area (Å²) in [5.74, 6) is 0. The molecule has 0 aromatic rings. The van der Waals surface area contributed by atoms with E-state index in [1.165, 1.54) is 0 Å². The molecule has 0 unspecified atom stereocenters. The van der Waals surface area contributed by atoms with Gasteiger partial charge in [0.2, 0.25) is 0 Å². The number of rotatable bonds is 0. The van der Waals surface area contributed by atoms with Crippen molar-refractivity contribution in [2.24, 2.45) is 0 Å². The van der Waals surface area contributed by atoms with E-state index in [1.54, 1.807) is 0 Å². The molecule has 0 aromatic heterocycles. The zero-order valence-corrected chi connectivity index (χ0v) is 25.0. The minimum absolute atomic E-state index is 0. The standard InChI is InChI=1S/Al.5GeHO2.Sr/c;5*2-1-3;/h;5*1H;/q+3;5*-1;+2. The molecule has 0 aliphatic heterocycles. The maximum atomic E-state index is 8.53. The van der Waals surface area contributed by atoms with Crippen LogP contribution in [0.2, 0.25) is 0 Å². The normalized spacial score (nSPS) is 3.53. The van der Waals surface area contributed by atoms with Crippen molar-refractivity contribution in [3.63, 3.8) is 0 Å². The monoisotopic (exact) mass is 649 g/mol. The van der Waals surface area contributed by atoms with Gasteiger partial charge in [0.05, 0.1) is 0 Å². The van der Waals surface area contributed by atoms with Gasteiger partial charge in [0, 0.05) is 0 Å². The van der Waals surface area contributed by atoms with Crippen LogP contribution in [0.3, 0.4) is 0 Å². The maximum Gasteiger partial charge on any atom is 2.00 e. The van der Waals surface area contributed by atoms with Gasteiger partial charge < -0.3 is 0 Å². The number of hydrogen-bond donors (Lipinski definition) is 0. The molecule has 0 bridgehead atoms. The quantitative estimate of drug-likeness (QED) is 0.229. The van der Waals surface area contributed by atoms with Crippen molar-refractivity contribution in [2.75, 3.05) is 0 Å². The van der Waals surface area contributed by atoms with E-state index in [0.29, 0.717) is 0 Å². The minimum atomic E-state index is -2.19. The van der Waals surface area contributed by atoms with Crippen LogP contribution in [-0.4, -0.2) is 141 Å². The average Bonchev–Trinajstić information content (AvgIpc) is 2.09. The van der Waals surface area contributed by atoms with Crippen LogP contribution in [0.1, 0.15) is 0 Å². The van der Waals surface area contributed by atoms with Crippen LogP contribution < -0.4 is 20.7 Å². The third-order valence-electron chi connectivity index (χ3n) is 0. The first-order valence-corrected chi connectivity index (χ1v) is 12.2. The molecule has 17 heteroatoms. The van der Waals surface area contributed by atoms with E-state index in [0.717, 1.165) is 0 Å². The van der Waals surface area contributed by atoms with Gasteiger partial charge in [0.15, 0.2) is 0 Å². The summed E-state index contributed by atoms with van der Waals surface area (Å²) in [6.45, 7) is 0. The van der Waals surface area contributed by atoms with Crippen molar-refractivity contribution >= 4 is 141 Å². The van der Waals surface area contributed by atoms with Crippen LogP contribution in [0, 0.1) is 0 Å². The van der Waals surface area contributed by atoms with Gasteiger partial charge in [-0.05, 0) is 0 Å². The van der Waals surface area contributed by atoms with E-state index in [-0.39, 0.29) is 62.8 Å². The molecule has 0 saturated carbocycles. The van der Waals surface area contributed by atoms with Crippen LogP contribution >= 0.6 is 0 Å². The Balaban J connectivity index is -0.0000000143. The van der Waals surface area contributed by atoms with Gasteiger partial charge in [-0.15, -0.1) is 0 Å². The van der Waals surface area contributed by atoms with Gasteiger partial charge in [-0.1, -0.05) is 0 Å². The zero-order chi connectivity index (χ0) is 13.5. The van der Waals surface area contributed by atoms with Crippen LogP contribution in [0.15, 0.2) is 0 Å². The molecule has 0 aliphatic carbocycles. The van der Waals surface area contributed by atoms with Crippen molar-refractivity contribution in [3.8, 4) is 0 Å². The molecule has 0 amide bonds. The van der Waals surface area contributed by atoms with Gasteiger partial charge in [-0.25, -0.2) is 0 Å². The van der Waals surface area contributed by atoms with E-state index in [9.17, 15) is 0 Å². The fraction of sp³-hybridized carbons (Fsp3) is 0. The van der Waals surface area contributed by atoms with E-state index in [4.69, 9.17) is 39.6 Å².